The first-order valence-electron chi connectivity index (χ1n) is 9.27. The molecule has 2 aromatic heterocycles. The van der Waals surface area contributed by atoms with Crippen LogP contribution in [-0.2, 0) is 6.42 Å². The van der Waals surface area contributed by atoms with E-state index in [1.807, 2.05) is 11.0 Å². The highest BCUT2D eigenvalue weighted by molar-refractivity contribution is 5.92. The number of aromatic nitrogens is 4. The van der Waals surface area contributed by atoms with Crippen LogP contribution in [-0.4, -0.2) is 44.2 Å². The molecule has 1 saturated carbocycles. The van der Waals surface area contributed by atoms with Crippen molar-refractivity contribution in [2.24, 2.45) is 5.92 Å². The van der Waals surface area contributed by atoms with Gasteiger partial charge in [0.05, 0.1) is 5.92 Å². The number of piperidine rings is 1. The van der Waals surface area contributed by atoms with Crippen LogP contribution in [0.5, 0.6) is 0 Å². The number of aromatic amines is 1. The number of nitrogens with zero attached hydrogens (tertiary/aromatic N) is 4. The summed E-state index contributed by atoms with van der Waals surface area (Å²) in [5.74, 6) is 2.60. The van der Waals surface area contributed by atoms with Crippen molar-refractivity contribution in [1.82, 2.24) is 25.2 Å². The summed E-state index contributed by atoms with van der Waals surface area (Å²) in [6.07, 6.45) is 5.12. The third-order valence-electron chi connectivity index (χ3n) is 4.97. The Hall–Kier alpha value is -2.18. The van der Waals surface area contributed by atoms with Gasteiger partial charge in [-0.3, -0.25) is 9.89 Å². The number of likely N-dealkylation sites (tertiary alicyclic amines) is 1. The van der Waals surface area contributed by atoms with Gasteiger partial charge in [0.25, 0.3) is 5.91 Å². The van der Waals surface area contributed by atoms with Crippen LogP contribution in [0, 0.1) is 5.92 Å². The zero-order valence-electron chi connectivity index (χ0n) is 14.9. The van der Waals surface area contributed by atoms with E-state index in [9.17, 15) is 4.79 Å². The molecule has 1 amide bonds. The second-order valence-corrected chi connectivity index (χ2v) is 7.72. The van der Waals surface area contributed by atoms with E-state index >= 15 is 0 Å². The van der Waals surface area contributed by atoms with Gasteiger partial charge in [-0.1, -0.05) is 19.0 Å². The van der Waals surface area contributed by atoms with Crippen molar-refractivity contribution >= 4 is 5.91 Å². The normalized spacial score (nSPS) is 21.1. The Kier molecular flexibility index (Phi) is 4.31. The van der Waals surface area contributed by atoms with Crippen LogP contribution in [0.15, 0.2) is 10.6 Å². The minimum Gasteiger partial charge on any atom is -0.339 e. The van der Waals surface area contributed by atoms with Crippen molar-refractivity contribution in [1.29, 1.82) is 0 Å². The third-order valence-corrected chi connectivity index (χ3v) is 4.97. The molecule has 0 aromatic carbocycles. The summed E-state index contributed by atoms with van der Waals surface area (Å²) >= 11 is 0. The molecule has 2 fully saturated rings. The number of carbonyl (C=O) groups is 1. The van der Waals surface area contributed by atoms with Crippen LogP contribution >= 0.6 is 0 Å². The predicted molar refractivity (Wildman–Crippen MR) is 91.3 cm³/mol. The van der Waals surface area contributed by atoms with Crippen LogP contribution in [0.25, 0.3) is 0 Å². The molecule has 1 N–H and O–H groups in total. The minimum atomic E-state index is -0.00484. The molecule has 2 aliphatic rings. The maximum atomic E-state index is 12.8. The van der Waals surface area contributed by atoms with E-state index in [0.717, 1.165) is 37.3 Å². The van der Waals surface area contributed by atoms with Crippen LogP contribution in [0.2, 0.25) is 0 Å². The van der Waals surface area contributed by atoms with Gasteiger partial charge in [-0.05, 0) is 37.7 Å². The number of hydrogen-bond acceptors (Lipinski definition) is 5. The Morgan fingerprint density at radius 2 is 2.20 bits per heavy atom. The number of H-pyrrole nitrogens is 1. The fraction of sp³-hybridized carbons (Fsp3) is 0.667. The highest BCUT2D eigenvalue weighted by Crippen LogP contribution is 2.39. The predicted octanol–water partition coefficient (Wildman–Crippen LogP) is 2.89. The standard InChI is InChI=1S/C18H25N5O2/c1-11(2)8-16-19-17(25-22-16)13-4-3-7-23(10-13)18(24)15-9-14(20-21-15)12-5-6-12/h9,11-13H,3-8,10H2,1-2H3,(H,20,21)/t13-/m0/s1. The number of nitrogens with one attached hydrogen (secondary N) is 1. The molecular weight excluding hydrogens is 318 g/mol. The van der Waals surface area contributed by atoms with E-state index in [2.05, 4.69) is 34.2 Å². The molecule has 1 aliphatic heterocycles. The SMILES string of the molecule is CC(C)Cc1noc([C@H]2CCCN(C(=O)c3cc(C4CC4)[nH]n3)C2)n1. The molecule has 7 heteroatoms. The van der Waals surface area contributed by atoms with Gasteiger partial charge in [0, 0.05) is 31.1 Å². The fourth-order valence-corrected chi connectivity index (χ4v) is 3.46. The lowest BCUT2D eigenvalue weighted by Crippen LogP contribution is -2.39. The molecule has 7 nitrogen and oxygen atoms in total. The second-order valence-electron chi connectivity index (χ2n) is 7.72. The Labute approximate surface area is 147 Å². The number of hydrogen-bond donors (Lipinski definition) is 1. The van der Waals surface area contributed by atoms with Crippen molar-refractivity contribution in [3.05, 3.63) is 29.2 Å². The fourth-order valence-electron chi connectivity index (χ4n) is 3.46. The van der Waals surface area contributed by atoms with Gasteiger partial charge in [-0.2, -0.15) is 10.1 Å². The first kappa shape index (κ1) is 16.3. The Morgan fingerprint density at radius 1 is 1.36 bits per heavy atom. The highest BCUT2D eigenvalue weighted by atomic mass is 16.5. The topological polar surface area (TPSA) is 87.9 Å². The molecule has 0 radical (unpaired) electrons. The first-order chi connectivity index (χ1) is 12.1. The number of rotatable bonds is 5. The summed E-state index contributed by atoms with van der Waals surface area (Å²) in [7, 11) is 0. The minimum absolute atomic E-state index is 0.00484. The van der Waals surface area contributed by atoms with Gasteiger partial charge in [-0.15, -0.1) is 0 Å². The van der Waals surface area contributed by atoms with Gasteiger partial charge in [0.15, 0.2) is 5.82 Å². The van der Waals surface area contributed by atoms with Gasteiger partial charge >= 0.3 is 0 Å². The van der Waals surface area contributed by atoms with E-state index < -0.39 is 0 Å². The molecular formula is C18H25N5O2. The summed E-state index contributed by atoms with van der Waals surface area (Å²) in [6.45, 7) is 5.65. The lowest BCUT2D eigenvalue weighted by molar-refractivity contribution is 0.0689. The lowest BCUT2D eigenvalue weighted by Gasteiger charge is -2.30. The molecule has 0 bridgehead atoms. The molecule has 3 heterocycles. The van der Waals surface area contributed by atoms with Crippen molar-refractivity contribution in [2.45, 2.75) is 57.8 Å². The molecule has 1 atom stereocenters. The third kappa shape index (κ3) is 3.60. The van der Waals surface area contributed by atoms with Gasteiger partial charge in [0.1, 0.15) is 5.69 Å². The Morgan fingerprint density at radius 3 is 2.96 bits per heavy atom. The zero-order chi connectivity index (χ0) is 17.4. The summed E-state index contributed by atoms with van der Waals surface area (Å²) in [4.78, 5) is 19.2. The van der Waals surface area contributed by atoms with E-state index in [-0.39, 0.29) is 11.8 Å². The molecule has 2 aromatic rings. The van der Waals surface area contributed by atoms with Crippen molar-refractivity contribution in [2.75, 3.05) is 13.1 Å². The van der Waals surface area contributed by atoms with Gasteiger partial charge in [0.2, 0.25) is 5.89 Å². The average Bonchev–Trinajstić information content (AvgIpc) is 3.15. The summed E-state index contributed by atoms with van der Waals surface area (Å²) < 4.78 is 5.46. The van der Waals surface area contributed by atoms with Crippen molar-refractivity contribution < 1.29 is 9.32 Å². The largest absolute Gasteiger partial charge is 0.339 e. The summed E-state index contributed by atoms with van der Waals surface area (Å²) in [5, 5.41) is 11.3. The molecule has 1 saturated heterocycles. The molecule has 25 heavy (non-hydrogen) atoms. The smallest absolute Gasteiger partial charge is 0.274 e. The highest BCUT2D eigenvalue weighted by Gasteiger charge is 2.31. The Bertz CT molecular complexity index is 746. The van der Waals surface area contributed by atoms with Gasteiger partial charge in [-0.25, -0.2) is 0 Å². The summed E-state index contributed by atoms with van der Waals surface area (Å²) in [5.41, 5.74) is 1.61. The van der Waals surface area contributed by atoms with Crippen LogP contribution in [0.1, 0.15) is 79.3 Å². The van der Waals surface area contributed by atoms with Crippen LogP contribution in [0.3, 0.4) is 0 Å². The quantitative estimate of drug-likeness (QED) is 0.902. The second kappa shape index (κ2) is 6.61. The lowest BCUT2D eigenvalue weighted by atomic mass is 9.97. The van der Waals surface area contributed by atoms with E-state index in [1.165, 1.54) is 12.8 Å². The van der Waals surface area contributed by atoms with Crippen molar-refractivity contribution in [3.8, 4) is 0 Å². The Balaban J connectivity index is 1.42. The van der Waals surface area contributed by atoms with Gasteiger partial charge < -0.3 is 9.42 Å². The van der Waals surface area contributed by atoms with E-state index in [1.54, 1.807) is 0 Å². The average molecular weight is 343 g/mol. The van der Waals surface area contributed by atoms with Crippen LogP contribution in [0.4, 0.5) is 0 Å². The summed E-state index contributed by atoms with van der Waals surface area (Å²) in [6, 6.07) is 1.91. The molecule has 1 aliphatic carbocycles. The molecule has 0 unspecified atom stereocenters. The maximum Gasteiger partial charge on any atom is 0.274 e. The zero-order valence-corrected chi connectivity index (χ0v) is 14.9. The molecule has 134 valence electrons. The first-order valence-corrected chi connectivity index (χ1v) is 9.27. The maximum absolute atomic E-state index is 12.8. The van der Waals surface area contributed by atoms with E-state index in [0.29, 0.717) is 30.0 Å². The van der Waals surface area contributed by atoms with E-state index in [4.69, 9.17) is 4.52 Å². The number of carbonyl (C=O) groups excluding carboxylic acids is 1. The van der Waals surface area contributed by atoms with Crippen LogP contribution < -0.4 is 0 Å². The molecule has 4 rings (SSSR count). The monoisotopic (exact) mass is 343 g/mol. The van der Waals surface area contributed by atoms with Crippen molar-refractivity contribution in [3.63, 3.8) is 0 Å². The molecule has 0 spiro atoms. The number of amides is 1.